The average molecular weight is 459 g/mol. The van der Waals surface area contributed by atoms with Gasteiger partial charge in [-0.05, 0) is 49.6 Å². The van der Waals surface area contributed by atoms with E-state index in [2.05, 4.69) is 5.32 Å². The maximum absolute atomic E-state index is 12.8. The van der Waals surface area contributed by atoms with Crippen molar-refractivity contribution in [1.82, 2.24) is 10.2 Å². The number of carbonyl (C=O) groups is 3. The second-order valence-electron chi connectivity index (χ2n) is 8.82. The maximum atomic E-state index is 12.8. The fourth-order valence-electron chi connectivity index (χ4n) is 3.68. The monoisotopic (exact) mass is 458 g/mol. The number of ether oxygens (including phenoxy) is 1. The van der Waals surface area contributed by atoms with Gasteiger partial charge in [0.05, 0.1) is 12.5 Å². The van der Waals surface area contributed by atoms with Crippen LogP contribution in [0.25, 0.3) is 0 Å². The van der Waals surface area contributed by atoms with Crippen LogP contribution in [0.15, 0.2) is 48.5 Å². The Balaban J connectivity index is 1.74. The largest absolute Gasteiger partial charge is 0.480 e. The van der Waals surface area contributed by atoms with Crippen LogP contribution in [0.1, 0.15) is 49.9 Å². The van der Waals surface area contributed by atoms with Crippen LogP contribution in [0.5, 0.6) is 0 Å². The Kier molecular flexibility index (Phi) is 7.09. The molecule has 2 atom stereocenters. The van der Waals surface area contributed by atoms with Gasteiger partial charge in [-0.25, -0.2) is 9.59 Å². The van der Waals surface area contributed by atoms with Crippen molar-refractivity contribution in [3.05, 3.63) is 70.2 Å². The van der Waals surface area contributed by atoms with Gasteiger partial charge < -0.3 is 15.2 Å². The third kappa shape index (κ3) is 6.01. The number of carboxylic acids is 1. The van der Waals surface area contributed by atoms with Crippen LogP contribution in [-0.2, 0) is 27.3 Å². The van der Waals surface area contributed by atoms with Crippen LogP contribution < -0.4 is 5.32 Å². The predicted octanol–water partition coefficient (Wildman–Crippen LogP) is 4.33. The quantitative estimate of drug-likeness (QED) is 0.671. The smallest absolute Gasteiger partial charge is 0.411 e. The summed E-state index contributed by atoms with van der Waals surface area (Å²) in [7, 11) is 0. The molecule has 0 bridgehead atoms. The van der Waals surface area contributed by atoms with E-state index in [0.717, 1.165) is 16.7 Å². The molecule has 2 amide bonds. The van der Waals surface area contributed by atoms with Gasteiger partial charge in [0.2, 0.25) is 5.91 Å². The van der Waals surface area contributed by atoms with E-state index in [0.29, 0.717) is 11.6 Å². The van der Waals surface area contributed by atoms with Crippen LogP contribution in [-0.4, -0.2) is 39.6 Å². The predicted molar refractivity (Wildman–Crippen MR) is 120 cm³/mol. The molecule has 1 heterocycles. The SMILES string of the molecule is CC(C)(C)OC(=O)N1Cc2ccccc2C1CC(=O)NC(Cc1ccc(Cl)cc1)C(=O)O. The highest BCUT2D eigenvalue weighted by atomic mass is 35.5. The lowest BCUT2D eigenvalue weighted by atomic mass is 10.0. The molecule has 2 unspecified atom stereocenters. The standard InChI is InChI=1S/C24H27ClN2O5/c1-24(2,3)32-23(31)27-14-16-6-4-5-7-18(16)20(27)13-21(28)26-19(22(29)30)12-15-8-10-17(25)11-9-15/h4-11,19-20H,12-14H2,1-3H3,(H,26,28)(H,29,30). The van der Waals surface area contributed by atoms with Gasteiger partial charge in [-0.3, -0.25) is 9.69 Å². The molecule has 0 aliphatic carbocycles. The molecule has 8 heteroatoms. The van der Waals surface area contributed by atoms with Crippen molar-refractivity contribution < 1.29 is 24.2 Å². The molecule has 0 aromatic heterocycles. The van der Waals surface area contributed by atoms with E-state index in [4.69, 9.17) is 16.3 Å². The molecule has 2 N–H and O–H groups in total. The molecule has 1 aliphatic rings. The molecule has 0 spiro atoms. The number of hydrogen-bond acceptors (Lipinski definition) is 4. The summed E-state index contributed by atoms with van der Waals surface area (Å²) in [4.78, 5) is 38.9. The molecule has 0 fully saturated rings. The van der Waals surface area contributed by atoms with Crippen molar-refractivity contribution in [3.8, 4) is 0 Å². The minimum Gasteiger partial charge on any atom is -0.480 e. The zero-order valence-corrected chi connectivity index (χ0v) is 19.1. The second-order valence-corrected chi connectivity index (χ2v) is 9.25. The topological polar surface area (TPSA) is 95.9 Å². The van der Waals surface area contributed by atoms with E-state index in [1.165, 1.54) is 4.90 Å². The number of fused-ring (bicyclic) bond motifs is 1. The number of carbonyl (C=O) groups excluding carboxylic acids is 2. The number of halogens is 1. The zero-order valence-electron chi connectivity index (χ0n) is 18.3. The van der Waals surface area contributed by atoms with Crippen LogP contribution in [0.2, 0.25) is 5.02 Å². The third-order valence-electron chi connectivity index (χ3n) is 5.12. The number of aliphatic carboxylic acids is 1. The first kappa shape index (κ1) is 23.6. The van der Waals surface area contributed by atoms with Crippen molar-refractivity contribution in [2.75, 3.05) is 0 Å². The Hall–Kier alpha value is -3.06. The fourth-order valence-corrected chi connectivity index (χ4v) is 3.81. The molecule has 0 saturated carbocycles. The highest BCUT2D eigenvalue weighted by Gasteiger charge is 2.37. The van der Waals surface area contributed by atoms with Crippen molar-refractivity contribution in [2.45, 2.75) is 57.8 Å². The number of benzene rings is 2. The summed E-state index contributed by atoms with van der Waals surface area (Å²) >= 11 is 5.88. The molecule has 0 radical (unpaired) electrons. The van der Waals surface area contributed by atoms with E-state index in [1.54, 1.807) is 45.0 Å². The van der Waals surface area contributed by atoms with Gasteiger partial charge in [0.25, 0.3) is 0 Å². The van der Waals surface area contributed by atoms with Gasteiger partial charge in [0, 0.05) is 18.0 Å². The van der Waals surface area contributed by atoms with Crippen LogP contribution in [0.4, 0.5) is 4.79 Å². The second kappa shape index (κ2) is 9.61. The van der Waals surface area contributed by atoms with Gasteiger partial charge in [0.1, 0.15) is 11.6 Å². The van der Waals surface area contributed by atoms with E-state index in [9.17, 15) is 19.5 Å². The minimum absolute atomic E-state index is 0.0688. The summed E-state index contributed by atoms with van der Waals surface area (Å²) in [6, 6.07) is 12.7. The van der Waals surface area contributed by atoms with Crippen molar-refractivity contribution in [2.24, 2.45) is 0 Å². The lowest BCUT2D eigenvalue weighted by Crippen LogP contribution is -2.44. The molecule has 32 heavy (non-hydrogen) atoms. The number of rotatable bonds is 6. The number of nitrogens with zero attached hydrogens (tertiary/aromatic N) is 1. The zero-order chi connectivity index (χ0) is 23.5. The lowest BCUT2D eigenvalue weighted by Gasteiger charge is -2.29. The molecular formula is C24H27ClN2O5. The highest BCUT2D eigenvalue weighted by molar-refractivity contribution is 6.30. The first-order valence-electron chi connectivity index (χ1n) is 10.4. The summed E-state index contributed by atoms with van der Waals surface area (Å²) in [5.74, 6) is -1.59. The normalized spacial score (nSPS) is 16.2. The minimum atomic E-state index is -1.14. The molecule has 170 valence electrons. The number of nitrogens with one attached hydrogen (secondary N) is 1. The van der Waals surface area contributed by atoms with Gasteiger partial charge in [0.15, 0.2) is 0 Å². The molecule has 0 saturated heterocycles. The molecule has 2 aromatic rings. The first-order chi connectivity index (χ1) is 15.0. The van der Waals surface area contributed by atoms with E-state index in [-0.39, 0.29) is 12.8 Å². The summed E-state index contributed by atoms with van der Waals surface area (Å²) < 4.78 is 5.52. The van der Waals surface area contributed by atoms with E-state index < -0.39 is 35.7 Å². The Labute approximate surface area is 192 Å². The Morgan fingerprint density at radius 3 is 2.44 bits per heavy atom. The van der Waals surface area contributed by atoms with Crippen molar-refractivity contribution >= 4 is 29.6 Å². The number of carboxylic acid groups (broad SMARTS) is 1. The lowest BCUT2D eigenvalue weighted by molar-refractivity contribution is -0.142. The summed E-state index contributed by atoms with van der Waals surface area (Å²) in [5, 5.41) is 12.7. The molecule has 1 aliphatic heterocycles. The highest BCUT2D eigenvalue weighted by Crippen LogP contribution is 2.37. The van der Waals surface area contributed by atoms with Crippen molar-refractivity contribution in [3.63, 3.8) is 0 Å². The average Bonchev–Trinajstić information content (AvgIpc) is 3.06. The first-order valence-corrected chi connectivity index (χ1v) is 10.8. The van der Waals surface area contributed by atoms with Crippen LogP contribution in [0.3, 0.4) is 0 Å². The molecular weight excluding hydrogens is 432 g/mol. The van der Waals surface area contributed by atoms with Gasteiger partial charge in [-0.2, -0.15) is 0 Å². The summed E-state index contributed by atoms with van der Waals surface area (Å²) in [6.07, 6.45) is -0.460. The number of amides is 2. The molecule has 2 aromatic carbocycles. The third-order valence-corrected chi connectivity index (χ3v) is 5.38. The van der Waals surface area contributed by atoms with Crippen LogP contribution >= 0.6 is 11.6 Å². The van der Waals surface area contributed by atoms with E-state index in [1.807, 2.05) is 24.3 Å². The van der Waals surface area contributed by atoms with Crippen molar-refractivity contribution in [1.29, 1.82) is 0 Å². The van der Waals surface area contributed by atoms with Crippen LogP contribution in [0, 0.1) is 0 Å². The molecule has 7 nitrogen and oxygen atoms in total. The van der Waals surface area contributed by atoms with Gasteiger partial charge in [-0.1, -0.05) is 48.0 Å². The fraction of sp³-hybridized carbons (Fsp3) is 0.375. The Morgan fingerprint density at radius 2 is 1.81 bits per heavy atom. The summed E-state index contributed by atoms with van der Waals surface area (Å²) in [5.41, 5.74) is 1.86. The molecule has 3 rings (SSSR count). The van der Waals surface area contributed by atoms with Gasteiger partial charge in [-0.15, -0.1) is 0 Å². The number of hydrogen-bond donors (Lipinski definition) is 2. The van der Waals surface area contributed by atoms with E-state index >= 15 is 0 Å². The summed E-state index contributed by atoms with van der Waals surface area (Å²) in [6.45, 7) is 5.67. The maximum Gasteiger partial charge on any atom is 0.411 e. The van der Waals surface area contributed by atoms with Gasteiger partial charge >= 0.3 is 12.1 Å². The Bertz CT molecular complexity index is 1000. The Morgan fingerprint density at radius 1 is 1.16 bits per heavy atom.